The van der Waals surface area contributed by atoms with E-state index in [4.69, 9.17) is 40.7 Å². The van der Waals surface area contributed by atoms with Crippen LogP contribution in [-0.4, -0.2) is 29.6 Å². The van der Waals surface area contributed by atoms with Crippen molar-refractivity contribution in [2.75, 3.05) is 19.8 Å². The summed E-state index contributed by atoms with van der Waals surface area (Å²) in [5, 5.41) is 2.31. The Hall–Kier alpha value is 0.0600. The van der Waals surface area contributed by atoms with E-state index in [-0.39, 0.29) is 19.8 Å². The summed E-state index contributed by atoms with van der Waals surface area (Å²) in [5.41, 5.74) is 0. The van der Waals surface area contributed by atoms with E-state index in [0.717, 1.165) is 0 Å². The molecule has 5 nitrogen and oxygen atoms in total. The molecule has 0 unspecified atom stereocenters. The Labute approximate surface area is 90.3 Å². The average Bonchev–Trinajstić information content (AvgIpc) is 2.00. The number of ether oxygens (including phenoxy) is 1. The fourth-order valence-corrected chi connectivity index (χ4v) is 0.574. The van der Waals surface area contributed by atoms with Crippen molar-refractivity contribution in [1.82, 2.24) is 5.32 Å². The molecule has 0 aliphatic rings. The van der Waals surface area contributed by atoms with Crippen LogP contribution in [0.3, 0.4) is 0 Å². The van der Waals surface area contributed by atoms with Gasteiger partial charge in [-0.05, 0) is 0 Å². The molecule has 0 spiro atoms. The van der Waals surface area contributed by atoms with Gasteiger partial charge < -0.3 is 14.9 Å². The first-order valence-corrected chi connectivity index (χ1v) is 4.38. The number of carbonyl (C=O) groups excluding carboxylic acids is 1. The first-order chi connectivity index (χ1) is 5.95. The molecule has 0 heterocycles. The molecule has 0 aromatic carbocycles. The minimum Gasteiger partial charge on any atom is -0.445 e. The van der Waals surface area contributed by atoms with Crippen LogP contribution >= 0.6 is 34.8 Å². The molecular formula is C5H9Cl3N2O3. The van der Waals surface area contributed by atoms with E-state index in [0.29, 0.717) is 0 Å². The molecule has 0 radical (unpaired) electrons. The number of hydrogen-bond acceptors (Lipinski definition) is 4. The van der Waals surface area contributed by atoms with Crippen molar-refractivity contribution in [3.05, 3.63) is 0 Å². The maximum Gasteiger partial charge on any atom is 0.407 e. The van der Waals surface area contributed by atoms with Crippen molar-refractivity contribution in [2.45, 2.75) is 3.79 Å². The molecule has 0 bridgehead atoms. The van der Waals surface area contributed by atoms with Crippen LogP contribution in [0.15, 0.2) is 0 Å². The van der Waals surface area contributed by atoms with Gasteiger partial charge in [0.05, 0.1) is 6.61 Å². The lowest BCUT2D eigenvalue weighted by atomic mass is 10.7. The van der Waals surface area contributed by atoms with E-state index in [2.05, 4.69) is 14.9 Å². The Bertz CT molecular complexity index is 162. The van der Waals surface area contributed by atoms with Crippen LogP contribution in [0.1, 0.15) is 0 Å². The number of nitrogens with one attached hydrogen (secondary N) is 1. The molecule has 8 heteroatoms. The van der Waals surface area contributed by atoms with Gasteiger partial charge in [-0.15, -0.1) is 0 Å². The van der Waals surface area contributed by atoms with E-state index < -0.39 is 9.89 Å². The van der Waals surface area contributed by atoms with E-state index in [1.54, 1.807) is 0 Å². The van der Waals surface area contributed by atoms with Crippen LogP contribution in [0.2, 0.25) is 0 Å². The monoisotopic (exact) mass is 250 g/mol. The highest BCUT2D eigenvalue weighted by Crippen LogP contribution is 2.25. The van der Waals surface area contributed by atoms with Gasteiger partial charge in [-0.2, -0.15) is 0 Å². The molecule has 0 rings (SSSR count). The van der Waals surface area contributed by atoms with Crippen LogP contribution in [-0.2, 0) is 9.57 Å². The zero-order valence-corrected chi connectivity index (χ0v) is 8.83. The standard InChI is InChI=1S/C5H9Cl3N2O3/c6-5(7,8)3-12-4(11)10-1-2-13-9/h1-3,9H2,(H,10,11). The molecule has 0 aromatic rings. The van der Waals surface area contributed by atoms with Crippen LogP contribution in [0.5, 0.6) is 0 Å². The molecule has 0 fully saturated rings. The van der Waals surface area contributed by atoms with E-state index in [1.807, 2.05) is 0 Å². The summed E-state index contributed by atoms with van der Waals surface area (Å²) in [6.07, 6.45) is -0.691. The summed E-state index contributed by atoms with van der Waals surface area (Å²) in [7, 11) is 0. The van der Waals surface area contributed by atoms with Crippen molar-refractivity contribution in [2.24, 2.45) is 5.90 Å². The highest BCUT2D eigenvalue weighted by atomic mass is 35.6. The Morgan fingerprint density at radius 1 is 1.46 bits per heavy atom. The van der Waals surface area contributed by atoms with Gasteiger partial charge in [0, 0.05) is 6.54 Å². The predicted molar refractivity (Wildman–Crippen MR) is 49.8 cm³/mol. The van der Waals surface area contributed by atoms with Gasteiger partial charge >= 0.3 is 6.09 Å². The zero-order chi connectivity index (χ0) is 10.3. The minimum atomic E-state index is -1.60. The van der Waals surface area contributed by atoms with Gasteiger partial charge in [-0.1, -0.05) is 34.8 Å². The van der Waals surface area contributed by atoms with Gasteiger partial charge in [-0.3, -0.25) is 0 Å². The normalized spacial score (nSPS) is 11.1. The first-order valence-electron chi connectivity index (χ1n) is 3.25. The van der Waals surface area contributed by atoms with Crippen molar-refractivity contribution in [3.63, 3.8) is 0 Å². The molecule has 0 aromatic heterocycles. The Balaban J connectivity index is 3.41. The average molecular weight is 251 g/mol. The summed E-state index contributed by atoms with van der Waals surface area (Å²) < 4.78 is 2.92. The maximum absolute atomic E-state index is 10.8. The number of rotatable bonds is 4. The molecule has 13 heavy (non-hydrogen) atoms. The van der Waals surface area contributed by atoms with Gasteiger partial charge in [0.15, 0.2) is 0 Å². The number of halogens is 3. The van der Waals surface area contributed by atoms with E-state index in [9.17, 15) is 4.79 Å². The highest BCUT2D eigenvalue weighted by molar-refractivity contribution is 6.67. The summed E-state index contributed by atoms with van der Waals surface area (Å²) in [4.78, 5) is 14.9. The van der Waals surface area contributed by atoms with Crippen molar-refractivity contribution >= 4 is 40.9 Å². The lowest BCUT2D eigenvalue weighted by molar-refractivity contribution is 0.124. The lowest BCUT2D eigenvalue weighted by Crippen LogP contribution is -2.31. The van der Waals surface area contributed by atoms with E-state index >= 15 is 0 Å². The SMILES string of the molecule is NOCCNC(=O)OCC(Cl)(Cl)Cl. The molecule has 0 aliphatic carbocycles. The molecule has 0 aliphatic heterocycles. The summed E-state index contributed by atoms with van der Waals surface area (Å²) >= 11 is 16.0. The number of alkyl halides is 3. The second kappa shape index (κ2) is 6.50. The third-order valence-electron chi connectivity index (χ3n) is 0.856. The number of carbonyl (C=O) groups is 1. The minimum absolute atomic E-state index is 0.183. The van der Waals surface area contributed by atoms with Gasteiger partial charge in [0.1, 0.15) is 6.61 Å². The van der Waals surface area contributed by atoms with Crippen LogP contribution < -0.4 is 11.2 Å². The molecule has 0 atom stereocenters. The quantitative estimate of drug-likeness (QED) is 0.444. The van der Waals surface area contributed by atoms with Crippen molar-refractivity contribution in [3.8, 4) is 0 Å². The fraction of sp³-hybridized carbons (Fsp3) is 0.800. The fourth-order valence-electron chi connectivity index (χ4n) is 0.410. The summed E-state index contributed by atoms with van der Waals surface area (Å²) in [6, 6.07) is 0. The third kappa shape index (κ3) is 9.98. The number of amides is 1. The van der Waals surface area contributed by atoms with Crippen molar-refractivity contribution in [1.29, 1.82) is 0 Å². The van der Waals surface area contributed by atoms with Crippen LogP contribution in [0.25, 0.3) is 0 Å². The molecule has 0 saturated heterocycles. The van der Waals surface area contributed by atoms with Crippen LogP contribution in [0, 0.1) is 0 Å². The Morgan fingerprint density at radius 3 is 2.54 bits per heavy atom. The number of hydrogen-bond donors (Lipinski definition) is 2. The summed E-state index contributed by atoms with van der Waals surface area (Å²) in [5.74, 6) is 4.70. The topological polar surface area (TPSA) is 73.6 Å². The van der Waals surface area contributed by atoms with Crippen LogP contribution in [0.4, 0.5) is 4.79 Å². The molecule has 3 N–H and O–H groups in total. The second-order valence-electron chi connectivity index (χ2n) is 1.99. The second-order valence-corrected chi connectivity index (χ2v) is 4.50. The smallest absolute Gasteiger partial charge is 0.407 e. The Kier molecular flexibility index (Phi) is 6.53. The zero-order valence-electron chi connectivity index (χ0n) is 6.56. The van der Waals surface area contributed by atoms with Gasteiger partial charge in [-0.25, -0.2) is 10.7 Å². The summed E-state index contributed by atoms with van der Waals surface area (Å²) in [6.45, 7) is 0.102. The predicted octanol–water partition coefficient (Wildman–Crippen LogP) is 0.973. The van der Waals surface area contributed by atoms with E-state index in [1.165, 1.54) is 0 Å². The molecule has 78 valence electrons. The highest BCUT2D eigenvalue weighted by Gasteiger charge is 2.21. The first kappa shape index (κ1) is 13.1. The number of nitrogens with two attached hydrogens (primary N) is 1. The van der Waals surface area contributed by atoms with Gasteiger partial charge in [0.25, 0.3) is 0 Å². The number of alkyl carbamates (subject to hydrolysis) is 1. The Morgan fingerprint density at radius 2 is 2.08 bits per heavy atom. The maximum atomic E-state index is 10.8. The van der Waals surface area contributed by atoms with Crippen molar-refractivity contribution < 1.29 is 14.4 Å². The lowest BCUT2D eigenvalue weighted by Gasteiger charge is -2.11. The third-order valence-corrected chi connectivity index (χ3v) is 1.18. The molecule has 0 saturated carbocycles. The van der Waals surface area contributed by atoms with Gasteiger partial charge in [0.2, 0.25) is 3.79 Å². The molecular weight excluding hydrogens is 242 g/mol. The molecule has 1 amide bonds. The largest absolute Gasteiger partial charge is 0.445 e.